The molecular formula is C14H25N3O. The molecule has 4 heteroatoms. The Morgan fingerprint density at radius 2 is 2.22 bits per heavy atom. The summed E-state index contributed by atoms with van der Waals surface area (Å²) < 4.78 is 0. The molecule has 0 aromatic carbocycles. The third-order valence-corrected chi connectivity index (χ3v) is 3.81. The number of carbonyl (C=O) groups is 1. The summed E-state index contributed by atoms with van der Waals surface area (Å²) >= 11 is 0. The average molecular weight is 251 g/mol. The van der Waals surface area contributed by atoms with E-state index in [-0.39, 0.29) is 11.8 Å². The minimum absolute atomic E-state index is 0.0288. The van der Waals surface area contributed by atoms with E-state index >= 15 is 0 Å². The Kier molecular flexibility index (Phi) is 5.61. The minimum atomic E-state index is -0.499. The lowest BCUT2D eigenvalue weighted by molar-refractivity contribution is -0.133. The van der Waals surface area contributed by atoms with Gasteiger partial charge in [0.05, 0.1) is 6.07 Å². The fourth-order valence-corrected chi connectivity index (χ4v) is 2.48. The summed E-state index contributed by atoms with van der Waals surface area (Å²) in [5.74, 6) is 0.257. The zero-order chi connectivity index (χ0) is 13.7. The van der Waals surface area contributed by atoms with E-state index in [4.69, 9.17) is 5.26 Å². The quantitative estimate of drug-likeness (QED) is 0.745. The monoisotopic (exact) mass is 251 g/mol. The molecule has 0 bridgehead atoms. The van der Waals surface area contributed by atoms with Gasteiger partial charge in [-0.2, -0.15) is 5.26 Å². The molecule has 102 valence electrons. The van der Waals surface area contributed by atoms with Crippen LogP contribution in [-0.2, 0) is 4.79 Å². The van der Waals surface area contributed by atoms with Gasteiger partial charge in [-0.25, -0.2) is 0 Å². The fraction of sp³-hybridized carbons (Fsp3) is 0.857. The smallest absolute Gasteiger partial charge is 0.239 e. The molecular weight excluding hydrogens is 226 g/mol. The van der Waals surface area contributed by atoms with Crippen LogP contribution in [0.4, 0.5) is 0 Å². The van der Waals surface area contributed by atoms with Crippen molar-refractivity contribution >= 4 is 5.91 Å². The molecule has 0 spiro atoms. The first-order valence-corrected chi connectivity index (χ1v) is 6.78. The average Bonchev–Trinajstić information content (AvgIpc) is 2.72. The molecule has 0 N–H and O–H groups in total. The Bertz CT molecular complexity index is 321. The summed E-state index contributed by atoms with van der Waals surface area (Å²) in [5, 5.41) is 9.03. The van der Waals surface area contributed by atoms with E-state index in [1.165, 1.54) is 6.42 Å². The molecule has 1 aliphatic rings. The second-order valence-electron chi connectivity index (χ2n) is 5.82. The summed E-state index contributed by atoms with van der Waals surface area (Å²) in [6.45, 7) is 6.91. The van der Waals surface area contributed by atoms with E-state index in [0.29, 0.717) is 5.92 Å². The highest BCUT2D eigenvalue weighted by Gasteiger charge is 2.26. The lowest BCUT2D eigenvalue weighted by atomic mass is 9.95. The highest BCUT2D eigenvalue weighted by Crippen LogP contribution is 2.19. The molecule has 4 nitrogen and oxygen atoms in total. The van der Waals surface area contributed by atoms with Crippen molar-refractivity contribution in [3.8, 4) is 6.07 Å². The van der Waals surface area contributed by atoms with Gasteiger partial charge in [0.15, 0.2) is 0 Å². The number of likely N-dealkylation sites (tertiary alicyclic amines) is 1. The van der Waals surface area contributed by atoms with Gasteiger partial charge in [-0.15, -0.1) is 0 Å². The summed E-state index contributed by atoms with van der Waals surface area (Å²) in [7, 11) is 3.95. The highest BCUT2D eigenvalue weighted by molar-refractivity contribution is 5.81. The van der Waals surface area contributed by atoms with Gasteiger partial charge in [0.2, 0.25) is 5.91 Å². The summed E-state index contributed by atoms with van der Waals surface area (Å²) in [5.41, 5.74) is 0. The largest absolute Gasteiger partial charge is 0.345 e. The maximum Gasteiger partial charge on any atom is 0.239 e. The molecule has 0 radical (unpaired) electrons. The van der Waals surface area contributed by atoms with Crippen molar-refractivity contribution in [2.24, 2.45) is 17.8 Å². The first kappa shape index (κ1) is 15.0. The van der Waals surface area contributed by atoms with Gasteiger partial charge in [0, 0.05) is 20.1 Å². The fourth-order valence-electron chi connectivity index (χ4n) is 2.48. The van der Waals surface area contributed by atoms with Crippen LogP contribution in [0.25, 0.3) is 0 Å². The lowest BCUT2D eigenvalue weighted by Gasteiger charge is -2.23. The number of rotatable bonds is 5. The van der Waals surface area contributed by atoms with E-state index in [1.54, 1.807) is 4.90 Å². The molecule has 18 heavy (non-hydrogen) atoms. The predicted molar refractivity (Wildman–Crippen MR) is 71.8 cm³/mol. The van der Waals surface area contributed by atoms with E-state index < -0.39 is 5.92 Å². The van der Waals surface area contributed by atoms with Gasteiger partial charge in [-0.1, -0.05) is 13.8 Å². The van der Waals surface area contributed by atoms with Crippen LogP contribution < -0.4 is 0 Å². The molecule has 1 saturated heterocycles. The molecule has 0 aliphatic carbocycles. The summed E-state index contributed by atoms with van der Waals surface area (Å²) in [4.78, 5) is 16.1. The van der Waals surface area contributed by atoms with Crippen LogP contribution >= 0.6 is 0 Å². The van der Waals surface area contributed by atoms with Crippen molar-refractivity contribution in [3.63, 3.8) is 0 Å². The Morgan fingerprint density at radius 3 is 2.67 bits per heavy atom. The van der Waals surface area contributed by atoms with Gasteiger partial charge >= 0.3 is 0 Å². The summed E-state index contributed by atoms with van der Waals surface area (Å²) in [6, 6.07) is 2.12. The molecule has 1 aliphatic heterocycles. The lowest BCUT2D eigenvalue weighted by Crippen LogP contribution is -2.36. The molecule has 1 rings (SSSR count). The number of amides is 1. The molecule has 2 unspecified atom stereocenters. The zero-order valence-corrected chi connectivity index (χ0v) is 12.0. The second-order valence-corrected chi connectivity index (χ2v) is 5.82. The Morgan fingerprint density at radius 1 is 1.56 bits per heavy atom. The van der Waals surface area contributed by atoms with Crippen molar-refractivity contribution in [3.05, 3.63) is 0 Å². The molecule has 0 aromatic heterocycles. The Labute approximate surface area is 111 Å². The number of carbonyl (C=O) groups excluding carboxylic acids is 1. The normalized spacial score (nSPS) is 21.9. The van der Waals surface area contributed by atoms with E-state index in [2.05, 4.69) is 18.0 Å². The van der Waals surface area contributed by atoms with Crippen molar-refractivity contribution < 1.29 is 4.79 Å². The third-order valence-electron chi connectivity index (χ3n) is 3.81. The van der Waals surface area contributed by atoms with Crippen molar-refractivity contribution in [1.29, 1.82) is 5.26 Å². The van der Waals surface area contributed by atoms with Crippen molar-refractivity contribution in [2.45, 2.75) is 26.7 Å². The molecule has 1 amide bonds. The van der Waals surface area contributed by atoms with Gasteiger partial charge in [0.1, 0.15) is 5.92 Å². The minimum Gasteiger partial charge on any atom is -0.345 e. The first-order valence-electron chi connectivity index (χ1n) is 6.78. The van der Waals surface area contributed by atoms with Gasteiger partial charge in [0.25, 0.3) is 0 Å². The predicted octanol–water partition coefficient (Wildman–Crippen LogP) is 1.58. The second kappa shape index (κ2) is 6.75. The van der Waals surface area contributed by atoms with Crippen molar-refractivity contribution in [1.82, 2.24) is 9.80 Å². The van der Waals surface area contributed by atoms with Crippen LogP contribution in [-0.4, -0.2) is 49.4 Å². The summed E-state index contributed by atoms with van der Waals surface area (Å²) in [6.07, 6.45) is 2.27. The number of hydrogen-bond acceptors (Lipinski definition) is 3. The topological polar surface area (TPSA) is 47.3 Å². The highest BCUT2D eigenvalue weighted by atomic mass is 16.2. The molecule has 0 aromatic rings. The maximum atomic E-state index is 12.1. The molecule has 1 heterocycles. The Hall–Kier alpha value is -1.08. The SMILES string of the molecule is CC(C)C(C#N)C(=O)N(C)CCC1CCN(C)C1. The van der Waals surface area contributed by atoms with E-state index in [1.807, 2.05) is 20.9 Å². The Balaban J connectivity index is 2.38. The first-order chi connectivity index (χ1) is 8.45. The van der Waals surface area contributed by atoms with Gasteiger partial charge < -0.3 is 9.80 Å². The van der Waals surface area contributed by atoms with Crippen LogP contribution in [0.15, 0.2) is 0 Å². The standard InChI is InChI=1S/C14H25N3O/c1-11(2)13(9-15)14(18)17(4)8-6-12-5-7-16(3)10-12/h11-13H,5-8,10H2,1-4H3. The molecule has 2 atom stereocenters. The molecule has 1 fully saturated rings. The van der Waals surface area contributed by atoms with Crippen LogP contribution in [0.1, 0.15) is 26.7 Å². The van der Waals surface area contributed by atoms with Crippen LogP contribution in [0, 0.1) is 29.1 Å². The van der Waals surface area contributed by atoms with Crippen LogP contribution in [0.5, 0.6) is 0 Å². The molecule has 0 saturated carbocycles. The van der Waals surface area contributed by atoms with Crippen molar-refractivity contribution in [2.75, 3.05) is 33.7 Å². The van der Waals surface area contributed by atoms with Gasteiger partial charge in [-0.05, 0) is 38.3 Å². The number of nitrogens with zero attached hydrogens (tertiary/aromatic N) is 3. The maximum absolute atomic E-state index is 12.1. The zero-order valence-electron chi connectivity index (χ0n) is 12.0. The van der Waals surface area contributed by atoms with E-state index in [9.17, 15) is 4.79 Å². The van der Waals surface area contributed by atoms with Crippen LogP contribution in [0.3, 0.4) is 0 Å². The van der Waals surface area contributed by atoms with Gasteiger partial charge in [-0.3, -0.25) is 4.79 Å². The van der Waals surface area contributed by atoms with E-state index in [0.717, 1.165) is 26.1 Å². The number of nitriles is 1. The number of hydrogen-bond donors (Lipinski definition) is 0. The third kappa shape index (κ3) is 3.99. The van der Waals surface area contributed by atoms with Crippen LogP contribution in [0.2, 0.25) is 0 Å².